The Morgan fingerprint density at radius 3 is 2.24 bits per heavy atom. The molecule has 2 amide bonds. The molecule has 0 saturated carbocycles. The Labute approximate surface area is 150 Å². The van der Waals surface area contributed by atoms with Gasteiger partial charge in [0.15, 0.2) is 0 Å². The molecule has 0 unspecified atom stereocenters. The molecule has 1 heterocycles. The van der Waals surface area contributed by atoms with E-state index in [1.54, 1.807) is 0 Å². The van der Waals surface area contributed by atoms with Crippen molar-refractivity contribution in [2.24, 2.45) is 0 Å². The number of carbonyl (C=O) groups is 2. The maximum Gasteiger partial charge on any atom is 0.309 e. The van der Waals surface area contributed by atoms with E-state index in [4.69, 9.17) is 0 Å². The summed E-state index contributed by atoms with van der Waals surface area (Å²) in [5.74, 6) is -1.08. The molecule has 0 spiro atoms. The van der Waals surface area contributed by atoms with Crippen molar-refractivity contribution in [1.29, 1.82) is 0 Å². The van der Waals surface area contributed by atoms with E-state index in [1.165, 1.54) is 23.3 Å². The zero-order valence-corrected chi connectivity index (χ0v) is 15.6. The van der Waals surface area contributed by atoms with E-state index in [0.717, 1.165) is 25.2 Å². The van der Waals surface area contributed by atoms with Crippen molar-refractivity contribution in [3.63, 3.8) is 0 Å². The van der Waals surface area contributed by atoms with Gasteiger partial charge in [-0.15, -0.1) is 0 Å². The number of benzene rings is 1. The fourth-order valence-corrected chi connectivity index (χ4v) is 3.27. The number of likely N-dealkylation sites (tertiary alicyclic amines) is 1. The largest absolute Gasteiger partial charge is 0.378 e. The lowest BCUT2D eigenvalue weighted by Crippen LogP contribution is -3.11. The third-order valence-electron chi connectivity index (χ3n) is 4.76. The average molecular weight is 347 g/mol. The standard InChI is InChI=1S/C19H30N4O2/c1-4-11-20-18(24)19(25)21-14-17(23-12-5-6-13-23)15-7-9-16(10-8-15)22(2)3/h7-10,17H,4-6,11-14H2,1-3H3,(H,20,24)(H,21,25)/p+1/t17-/m0/s1. The van der Waals surface area contributed by atoms with Crippen LogP contribution in [0.5, 0.6) is 0 Å². The van der Waals surface area contributed by atoms with Gasteiger partial charge < -0.3 is 20.4 Å². The topological polar surface area (TPSA) is 65.9 Å². The molecule has 1 fully saturated rings. The lowest BCUT2D eigenvalue weighted by Gasteiger charge is -2.25. The third-order valence-corrected chi connectivity index (χ3v) is 4.76. The van der Waals surface area contributed by atoms with Crippen LogP contribution in [0.2, 0.25) is 0 Å². The van der Waals surface area contributed by atoms with Gasteiger partial charge in [0.2, 0.25) is 0 Å². The van der Waals surface area contributed by atoms with Crippen molar-refractivity contribution in [3.8, 4) is 0 Å². The van der Waals surface area contributed by atoms with Crippen LogP contribution >= 0.6 is 0 Å². The molecule has 6 nitrogen and oxygen atoms in total. The van der Waals surface area contributed by atoms with Gasteiger partial charge in [0.25, 0.3) is 0 Å². The number of nitrogens with one attached hydrogen (secondary N) is 3. The Morgan fingerprint density at radius 2 is 1.68 bits per heavy atom. The van der Waals surface area contributed by atoms with Gasteiger partial charge in [-0.05, 0) is 18.6 Å². The van der Waals surface area contributed by atoms with E-state index in [-0.39, 0.29) is 6.04 Å². The summed E-state index contributed by atoms with van der Waals surface area (Å²) in [6.45, 7) is 5.19. The van der Waals surface area contributed by atoms with Crippen LogP contribution in [0.4, 0.5) is 5.69 Å². The number of nitrogens with zero attached hydrogens (tertiary/aromatic N) is 1. The van der Waals surface area contributed by atoms with Crippen molar-refractivity contribution in [2.75, 3.05) is 45.2 Å². The lowest BCUT2D eigenvalue weighted by atomic mass is 10.0. The fraction of sp³-hybridized carbons (Fsp3) is 0.579. The minimum Gasteiger partial charge on any atom is -0.378 e. The summed E-state index contributed by atoms with van der Waals surface area (Å²) in [6, 6.07) is 8.66. The smallest absolute Gasteiger partial charge is 0.309 e. The summed E-state index contributed by atoms with van der Waals surface area (Å²) in [4.78, 5) is 27.3. The second-order valence-corrected chi connectivity index (χ2v) is 6.87. The normalized spacial score (nSPS) is 15.6. The van der Waals surface area contributed by atoms with Gasteiger partial charge in [-0.1, -0.05) is 19.1 Å². The minimum atomic E-state index is -0.542. The molecule has 0 bridgehead atoms. The van der Waals surface area contributed by atoms with Gasteiger partial charge in [0.1, 0.15) is 6.04 Å². The molecule has 1 aliphatic rings. The monoisotopic (exact) mass is 347 g/mol. The number of rotatable bonds is 7. The highest BCUT2D eigenvalue weighted by Gasteiger charge is 2.28. The molecule has 0 aliphatic carbocycles. The predicted octanol–water partition coefficient (Wildman–Crippen LogP) is 0.115. The molecule has 138 valence electrons. The van der Waals surface area contributed by atoms with Crippen LogP contribution < -0.4 is 20.4 Å². The molecule has 25 heavy (non-hydrogen) atoms. The first kappa shape index (κ1) is 19.2. The highest BCUT2D eigenvalue weighted by atomic mass is 16.2. The first-order chi connectivity index (χ1) is 12.0. The van der Waals surface area contributed by atoms with E-state index in [0.29, 0.717) is 13.1 Å². The second kappa shape index (κ2) is 9.42. The van der Waals surface area contributed by atoms with Crippen LogP contribution in [0.1, 0.15) is 37.8 Å². The summed E-state index contributed by atoms with van der Waals surface area (Å²) in [7, 11) is 4.04. The maximum absolute atomic E-state index is 12.0. The van der Waals surface area contributed by atoms with Gasteiger partial charge >= 0.3 is 11.8 Å². The van der Waals surface area contributed by atoms with Gasteiger partial charge in [0.05, 0.1) is 19.6 Å². The summed E-state index contributed by atoms with van der Waals surface area (Å²) in [5, 5.41) is 5.44. The molecule has 1 saturated heterocycles. The van der Waals surface area contributed by atoms with E-state index in [9.17, 15) is 9.59 Å². The Kier molecular flexibility index (Phi) is 7.25. The first-order valence-corrected chi connectivity index (χ1v) is 9.20. The van der Waals surface area contributed by atoms with Crippen molar-refractivity contribution in [1.82, 2.24) is 10.6 Å². The van der Waals surface area contributed by atoms with Crippen LogP contribution in [0.15, 0.2) is 24.3 Å². The molecular weight excluding hydrogens is 316 g/mol. The van der Waals surface area contributed by atoms with E-state index >= 15 is 0 Å². The Morgan fingerprint density at radius 1 is 1.08 bits per heavy atom. The quantitative estimate of drug-likeness (QED) is 0.614. The van der Waals surface area contributed by atoms with Gasteiger partial charge in [0, 0.05) is 44.7 Å². The Bertz CT molecular complexity index is 565. The summed E-state index contributed by atoms with van der Waals surface area (Å²) < 4.78 is 0. The predicted molar refractivity (Wildman–Crippen MR) is 99.8 cm³/mol. The van der Waals surface area contributed by atoms with Crippen molar-refractivity contribution < 1.29 is 14.5 Å². The van der Waals surface area contributed by atoms with Crippen LogP contribution in [0.3, 0.4) is 0 Å². The number of hydrogen-bond acceptors (Lipinski definition) is 3. The van der Waals surface area contributed by atoms with Gasteiger partial charge in [-0.2, -0.15) is 0 Å². The van der Waals surface area contributed by atoms with Gasteiger partial charge in [-0.25, -0.2) is 0 Å². The van der Waals surface area contributed by atoms with Crippen LogP contribution in [0.25, 0.3) is 0 Å². The summed E-state index contributed by atoms with van der Waals surface area (Å²) in [6.07, 6.45) is 3.25. The fourth-order valence-electron chi connectivity index (χ4n) is 3.27. The SMILES string of the molecule is CCCNC(=O)C(=O)NC[C@@H](c1ccc(N(C)C)cc1)[NH+]1CCCC1. The molecule has 0 aromatic heterocycles. The Balaban J connectivity index is 2.03. The summed E-state index contributed by atoms with van der Waals surface area (Å²) >= 11 is 0. The molecule has 0 radical (unpaired) electrons. The van der Waals surface area contributed by atoms with Crippen molar-refractivity contribution >= 4 is 17.5 Å². The van der Waals surface area contributed by atoms with Crippen LogP contribution in [-0.2, 0) is 9.59 Å². The van der Waals surface area contributed by atoms with Crippen molar-refractivity contribution in [3.05, 3.63) is 29.8 Å². The molecule has 6 heteroatoms. The maximum atomic E-state index is 12.0. The molecule has 1 aromatic rings. The van der Waals surface area contributed by atoms with E-state index in [1.807, 2.05) is 21.0 Å². The Hall–Kier alpha value is -2.08. The minimum absolute atomic E-state index is 0.182. The lowest BCUT2D eigenvalue weighted by molar-refractivity contribution is -0.918. The van der Waals surface area contributed by atoms with Crippen molar-refractivity contribution in [2.45, 2.75) is 32.2 Å². The molecule has 3 N–H and O–H groups in total. The first-order valence-electron chi connectivity index (χ1n) is 9.20. The zero-order valence-electron chi connectivity index (χ0n) is 15.6. The third kappa shape index (κ3) is 5.46. The van der Waals surface area contributed by atoms with Gasteiger partial charge in [-0.3, -0.25) is 9.59 Å². The number of quaternary nitrogens is 1. The molecule has 1 aliphatic heterocycles. The van der Waals surface area contributed by atoms with Crippen LogP contribution in [0, 0.1) is 0 Å². The molecular formula is C19H31N4O2+. The van der Waals surface area contributed by atoms with Crippen LogP contribution in [-0.4, -0.2) is 52.1 Å². The zero-order chi connectivity index (χ0) is 18.2. The molecule has 1 aromatic carbocycles. The molecule has 2 rings (SSSR count). The van der Waals surface area contributed by atoms with E-state index in [2.05, 4.69) is 39.8 Å². The highest BCUT2D eigenvalue weighted by Crippen LogP contribution is 2.17. The second-order valence-electron chi connectivity index (χ2n) is 6.87. The number of carbonyl (C=O) groups excluding carboxylic acids is 2. The number of hydrogen-bond donors (Lipinski definition) is 3. The van der Waals surface area contributed by atoms with E-state index < -0.39 is 11.8 Å². The summed E-state index contributed by atoms with van der Waals surface area (Å²) in [5.41, 5.74) is 2.36. The number of anilines is 1. The number of amides is 2. The molecule has 1 atom stereocenters. The average Bonchev–Trinajstić information content (AvgIpc) is 3.14. The highest BCUT2D eigenvalue weighted by molar-refractivity contribution is 6.35.